The van der Waals surface area contributed by atoms with Crippen molar-refractivity contribution >= 4 is 27.8 Å². The molecule has 0 atom stereocenters. The van der Waals surface area contributed by atoms with Crippen molar-refractivity contribution in [1.82, 2.24) is 19.9 Å². The van der Waals surface area contributed by atoms with Gasteiger partial charge in [0.2, 0.25) is 0 Å². The van der Waals surface area contributed by atoms with Crippen molar-refractivity contribution in [1.29, 1.82) is 0 Å². The maximum Gasteiger partial charge on any atom is 0.270 e. The van der Waals surface area contributed by atoms with E-state index in [1.165, 1.54) is 5.56 Å². The van der Waals surface area contributed by atoms with Crippen LogP contribution in [-0.2, 0) is 6.54 Å². The summed E-state index contributed by atoms with van der Waals surface area (Å²) in [5.74, 6) is -0.0440. The third kappa shape index (κ3) is 2.95. The lowest BCUT2D eigenvalue weighted by Gasteiger charge is -2.16. The van der Waals surface area contributed by atoms with Gasteiger partial charge in [0.15, 0.2) is 0 Å². The first-order valence-electron chi connectivity index (χ1n) is 9.00. The number of para-hydroxylation sites is 2. The fourth-order valence-electron chi connectivity index (χ4n) is 3.59. The van der Waals surface area contributed by atoms with Gasteiger partial charge in [-0.25, -0.2) is 4.98 Å². The van der Waals surface area contributed by atoms with Gasteiger partial charge in [-0.1, -0.05) is 24.3 Å². The molecule has 0 aliphatic heterocycles. The number of hydrogen-bond acceptors (Lipinski definition) is 3. The molecule has 0 aliphatic carbocycles. The Kier molecular flexibility index (Phi) is 4.15. The molecule has 2 aromatic heterocycles. The summed E-state index contributed by atoms with van der Waals surface area (Å²) >= 11 is 0. The third-order valence-electron chi connectivity index (χ3n) is 5.08. The smallest absolute Gasteiger partial charge is 0.270 e. The number of amides is 1. The number of aromatic amines is 1. The van der Waals surface area contributed by atoms with E-state index >= 15 is 0 Å². The van der Waals surface area contributed by atoms with Gasteiger partial charge < -0.3 is 9.88 Å². The number of fused-ring (bicyclic) bond motifs is 2. The number of benzene rings is 2. The molecule has 0 saturated heterocycles. The lowest BCUT2D eigenvalue weighted by molar-refractivity contribution is 0.0778. The summed E-state index contributed by atoms with van der Waals surface area (Å²) in [5.41, 5.74) is 7.44. The molecule has 0 saturated carbocycles. The Morgan fingerprint density at radius 2 is 1.74 bits per heavy atom. The van der Waals surface area contributed by atoms with Crippen molar-refractivity contribution in [2.45, 2.75) is 27.3 Å². The van der Waals surface area contributed by atoms with Gasteiger partial charge in [-0.05, 0) is 49.6 Å². The minimum Gasteiger partial charge on any atom is -0.350 e. The van der Waals surface area contributed by atoms with E-state index in [1.807, 2.05) is 31.2 Å². The largest absolute Gasteiger partial charge is 0.350 e. The monoisotopic (exact) mass is 358 g/mol. The topological polar surface area (TPSA) is 61.9 Å². The standard InChI is InChI=1S/C22H22N4O/c1-13-9-10-14(2)20-19(13)15(3)21(25-20)22(27)26(4)12-16-11-23-17-7-5-6-8-18(17)24-16/h5-11,25H,12H2,1-4H3. The number of nitrogens with one attached hydrogen (secondary N) is 1. The van der Waals surface area contributed by atoms with E-state index in [9.17, 15) is 4.79 Å². The predicted octanol–water partition coefficient (Wildman–Crippen LogP) is 4.31. The number of hydrogen-bond donors (Lipinski definition) is 1. The molecule has 0 bridgehead atoms. The lowest BCUT2D eigenvalue weighted by Crippen LogP contribution is -2.27. The van der Waals surface area contributed by atoms with Crippen LogP contribution in [0.25, 0.3) is 21.9 Å². The number of carbonyl (C=O) groups is 1. The molecule has 0 radical (unpaired) electrons. The van der Waals surface area contributed by atoms with Gasteiger partial charge in [-0.15, -0.1) is 0 Å². The van der Waals surface area contributed by atoms with Gasteiger partial charge in [0.05, 0.1) is 29.5 Å². The van der Waals surface area contributed by atoms with Crippen LogP contribution in [0.5, 0.6) is 0 Å². The van der Waals surface area contributed by atoms with Crippen LogP contribution < -0.4 is 0 Å². The molecule has 1 N–H and O–H groups in total. The van der Waals surface area contributed by atoms with Crippen molar-refractivity contribution in [3.63, 3.8) is 0 Å². The first kappa shape index (κ1) is 17.2. The summed E-state index contributed by atoms with van der Waals surface area (Å²) in [6.45, 7) is 6.54. The van der Waals surface area contributed by atoms with E-state index in [2.05, 4.69) is 40.9 Å². The zero-order valence-corrected chi connectivity index (χ0v) is 16.0. The summed E-state index contributed by atoms with van der Waals surface area (Å²) in [4.78, 5) is 27.1. The average molecular weight is 358 g/mol. The van der Waals surface area contributed by atoms with Crippen molar-refractivity contribution in [3.8, 4) is 0 Å². The van der Waals surface area contributed by atoms with Crippen LogP contribution in [0, 0.1) is 20.8 Å². The Balaban J connectivity index is 1.65. The second kappa shape index (κ2) is 6.50. The Bertz CT molecular complexity index is 1180. The molecule has 4 aromatic rings. The second-order valence-electron chi connectivity index (χ2n) is 7.09. The molecule has 4 rings (SSSR count). The fraction of sp³-hybridized carbons (Fsp3) is 0.227. The van der Waals surface area contributed by atoms with Crippen LogP contribution in [-0.4, -0.2) is 32.8 Å². The summed E-state index contributed by atoms with van der Waals surface area (Å²) in [6.07, 6.45) is 1.73. The highest BCUT2D eigenvalue weighted by Crippen LogP contribution is 2.28. The number of H-pyrrole nitrogens is 1. The highest BCUT2D eigenvalue weighted by Gasteiger charge is 2.20. The van der Waals surface area contributed by atoms with E-state index in [1.54, 1.807) is 18.1 Å². The van der Waals surface area contributed by atoms with Crippen LogP contribution in [0.1, 0.15) is 32.9 Å². The zero-order valence-electron chi connectivity index (χ0n) is 16.0. The molecule has 0 aliphatic rings. The Morgan fingerprint density at radius 1 is 1.04 bits per heavy atom. The van der Waals surface area contributed by atoms with E-state index in [-0.39, 0.29) is 5.91 Å². The van der Waals surface area contributed by atoms with Gasteiger partial charge >= 0.3 is 0 Å². The van der Waals surface area contributed by atoms with Crippen molar-refractivity contribution in [3.05, 3.63) is 70.7 Å². The molecule has 5 heteroatoms. The van der Waals surface area contributed by atoms with E-state index in [0.29, 0.717) is 12.2 Å². The molecule has 27 heavy (non-hydrogen) atoms. The highest BCUT2D eigenvalue weighted by atomic mass is 16.2. The van der Waals surface area contributed by atoms with Gasteiger partial charge in [0.25, 0.3) is 5.91 Å². The fourth-order valence-corrected chi connectivity index (χ4v) is 3.59. The lowest BCUT2D eigenvalue weighted by atomic mass is 10.0. The highest BCUT2D eigenvalue weighted by molar-refractivity contribution is 6.02. The number of aryl methyl sites for hydroxylation is 3. The van der Waals surface area contributed by atoms with E-state index < -0.39 is 0 Å². The molecule has 0 fully saturated rings. The van der Waals surface area contributed by atoms with E-state index in [0.717, 1.165) is 38.8 Å². The summed E-state index contributed by atoms with van der Waals surface area (Å²) in [5, 5.41) is 1.14. The maximum atomic E-state index is 13.1. The zero-order chi connectivity index (χ0) is 19.1. The maximum absolute atomic E-state index is 13.1. The molecular formula is C22H22N4O. The van der Waals surface area contributed by atoms with Gasteiger partial charge in [0.1, 0.15) is 5.69 Å². The Hall–Kier alpha value is -3.21. The van der Waals surface area contributed by atoms with Crippen LogP contribution in [0.4, 0.5) is 0 Å². The van der Waals surface area contributed by atoms with Crippen molar-refractivity contribution in [2.24, 2.45) is 0 Å². The number of aromatic nitrogens is 3. The molecule has 2 heterocycles. The molecule has 2 aromatic carbocycles. The van der Waals surface area contributed by atoms with Crippen LogP contribution >= 0.6 is 0 Å². The number of nitrogens with zero attached hydrogens (tertiary/aromatic N) is 3. The van der Waals surface area contributed by atoms with Gasteiger partial charge in [-0.2, -0.15) is 0 Å². The minimum absolute atomic E-state index is 0.0440. The van der Waals surface area contributed by atoms with Crippen LogP contribution in [0.3, 0.4) is 0 Å². The van der Waals surface area contributed by atoms with Crippen LogP contribution in [0.2, 0.25) is 0 Å². The first-order chi connectivity index (χ1) is 13.0. The number of carbonyl (C=O) groups excluding carboxylic acids is 1. The molecule has 5 nitrogen and oxygen atoms in total. The van der Waals surface area contributed by atoms with Crippen molar-refractivity contribution < 1.29 is 4.79 Å². The molecular weight excluding hydrogens is 336 g/mol. The van der Waals surface area contributed by atoms with Gasteiger partial charge in [0, 0.05) is 18.0 Å². The minimum atomic E-state index is -0.0440. The Labute approximate surface area is 158 Å². The predicted molar refractivity (Wildman–Crippen MR) is 108 cm³/mol. The quantitative estimate of drug-likeness (QED) is 0.594. The van der Waals surface area contributed by atoms with Crippen molar-refractivity contribution in [2.75, 3.05) is 7.05 Å². The first-order valence-corrected chi connectivity index (χ1v) is 9.00. The summed E-state index contributed by atoms with van der Waals surface area (Å²) in [6, 6.07) is 11.9. The number of rotatable bonds is 3. The Morgan fingerprint density at radius 3 is 2.48 bits per heavy atom. The molecule has 0 unspecified atom stereocenters. The van der Waals surface area contributed by atoms with Crippen LogP contribution in [0.15, 0.2) is 42.6 Å². The summed E-state index contributed by atoms with van der Waals surface area (Å²) < 4.78 is 0. The van der Waals surface area contributed by atoms with Gasteiger partial charge in [-0.3, -0.25) is 9.78 Å². The molecule has 1 amide bonds. The average Bonchev–Trinajstić information content (AvgIpc) is 3.02. The molecule has 0 spiro atoms. The summed E-state index contributed by atoms with van der Waals surface area (Å²) in [7, 11) is 1.80. The SMILES string of the molecule is Cc1ccc(C)c2c(C)c(C(=O)N(C)Cc3cnc4ccccc4n3)[nH]c12. The molecule has 136 valence electrons. The van der Waals surface area contributed by atoms with E-state index in [4.69, 9.17) is 0 Å². The normalized spacial score (nSPS) is 11.3. The third-order valence-corrected chi connectivity index (χ3v) is 5.08. The second-order valence-corrected chi connectivity index (χ2v) is 7.09.